The Balaban J connectivity index is 1.70. The van der Waals surface area contributed by atoms with Crippen molar-refractivity contribution in [1.29, 1.82) is 0 Å². The first-order valence-corrected chi connectivity index (χ1v) is 7.38. The van der Waals surface area contributed by atoms with E-state index in [2.05, 4.69) is 5.32 Å². The van der Waals surface area contributed by atoms with E-state index in [4.69, 9.17) is 4.42 Å². The molecule has 1 amide bonds. The normalized spacial score (nSPS) is 16.7. The van der Waals surface area contributed by atoms with Crippen molar-refractivity contribution >= 4 is 17.7 Å². The summed E-state index contributed by atoms with van der Waals surface area (Å²) in [4.78, 5) is 13.7. The monoisotopic (exact) mass is 268 g/mol. The third kappa shape index (κ3) is 4.07. The molecule has 5 heteroatoms. The number of nitrogens with one attached hydrogen (secondary N) is 1. The van der Waals surface area contributed by atoms with Gasteiger partial charge in [-0.2, -0.15) is 0 Å². The van der Waals surface area contributed by atoms with Crippen LogP contribution in [0, 0.1) is 0 Å². The first kappa shape index (κ1) is 13.5. The van der Waals surface area contributed by atoms with Crippen LogP contribution >= 0.6 is 11.8 Å². The summed E-state index contributed by atoms with van der Waals surface area (Å²) in [6, 6.07) is 1.89. The van der Waals surface area contributed by atoms with Gasteiger partial charge in [0.15, 0.2) is 0 Å². The molecule has 0 spiro atoms. The van der Waals surface area contributed by atoms with Gasteiger partial charge in [-0.3, -0.25) is 4.79 Å². The maximum absolute atomic E-state index is 12.0. The van der Waals surface area contributed by atoms with Crippen molar-refractivity contribution in [3.63, 3.8) is 0 Å². The van der Waals surface area contributed by atoms with Crippen LogP contribution < -0.4 is 5.32 Å². The summed E-state index contributed by atoms with van der Waals surface area (Å²) in [6.45, 7) is 2.79. The number of piperidine rings is 1. The highest BCUT2D eigenvalue weighted by Gasteiger charge is 2.16. The van der Waals surface area contributed by atoms with Crippen LogP contribution in [0.5, 0.6) is 0 Å². The van der Waals surface area contributed by atoms with Gasteiger partial charge in [0, 0.05) is 24.4 Å². The molecule has 0 radical (unpaired) electrons. The number of hydrogen-bond donors (Lipinski definition) is 1. The Bertz CT molecular complexity index is 361. The number of carbonyl (C=O) groups excluding carboxylic acids is 1. The smallest absolute Gasteiger partial charge is 0.232 e. The second-order valence-corrected chi connectivity index (χ2v) is 5.93. The fraction of sp³-hybridized carbons (Fsp3) is 0.615. The first-order valence-electron chi connectivity index (χ1n) is 6.33. The maximum atomic E-state index is 12.0. The van der Waals surface area contributed by atoms with Gasteiger partial charge in [-0.05, 0) is 32.0 Å². The molecule has 1 fully saturated rings. The van der Waals surface area contributed by atoms with Crippen molar-refractivity contribution < 1.29 is 9.21 Å². The van der Waals surface area contributed by atoms with E-state index in [0.717, 1.165) is 18.7 Å². The molecule has 2 heterocycles. The molecule has 100 valence electrons. The molecule has 0 bridgehead atoms. The third-order valence-electron chi connectivity index (χ3n) is 3.15. The molecule has 0 aromatic carbocycles. The van der Waals surface area contributed by atoms with Crippen LogP contribution in [0.3, 0.4) is 0 Å². The number of hydrogen-bond acceptors (Lipinski definition) is 4. The van der Waals surface area contributed by atoms with E-state index in [-0.39, 0.29) is 5.91 Å². The highest BCUT2D eigenvalue weighted by atomic mass is 32.2. The highest BCUT2D eigenvalue weighted by Crippen LogP contribution is 2.20. The van der Waals surface area contributed by atoms with Crippen LogP contribution in [0.15, 0.2) is 23.0 Å². The zero-order valence-corrected chi connectivity index (χ0v) is 11.5. The fourth-order valence-electron chi connectivity index (χ4n) is 2.01. The fourth-order valence-corrected chi connectivity index (χ4v) is 3.17. The van der Waals surface area contributed by atoms with E-state index in [1.54, 1.807) is 29.2 Å². The summed E-state index contributed by atoms with van der Waals surface area (Å²) in [6.07, 6.45) is 5.66. The lowest BCUT2D eigenvalue weighted by Crippen LogP contribution is -2.32. The van der Waals surface area contributed by atoms with Gasteiger partial charge >= 0.3 is 0 Å². The summed E-state index contributed by atoms with van der Waals surface area (Å²) in [5.41, 5.74) is 1.04. The lowest BCUT2D eigenvalue weighted by atomic mass is 10.2. The van der Waals surface area contributed by atoms with Crippen molar-refractivity contribution in [3.05, 3.63) is 24.2 Å². The molecule has 0 unspecified atom stereocenters. The van der Waals surface area contributed by atoms with E-state index in [1.807, 2.05) is 13.1 Å². The Labute approximate surface area is 112 Å². The van der Waals surface area contributed by atoms with Gasteiger partial charge in [0.05, 0.1) is 18.3 Å². The van der Waals surface area contributed by atoms with Gasteiger partial charge in [-0.15, -0.1) is 11.8 Å². The van der Waals surface area contributed by atoms with Gasteiger partial charge in [-0.1, -0.05) is 0 Å². The van der Waals surface area contributed by atoms with Gasteiger partial charge < -0.3 is 14.6 Å². The van der Waals surface area contributed by atoms with Crippen molar-refractivity contribution in [1.82, 2.24) is 10.2 Å². The molecule has 0 atom stereocenters. The Morgan fingerprint density at radius 2 is 2.33 bits per heavy atom. The Kier molecular flexibility index (Phi) is 5.13. The lowest BCUT2D eigenvalue weighted by molar-refractivity contribution is -0.127. The topological polar surface area (TPSA) is 45.5 Å². The minimum atomic E-state index is 0.194. The quantitative estimate of drug-likeness (QED) is 0.883. The average Bonchev–Trinajstić information content (AvgIpc) is 2.90. The predicted molar refractivity (Wildman–Crippen MR) is 73.5 cm³/mol. The summed E-state index contributed by atoms with van der Waals surface area (Å²) in [7, 11) is 1.85. The number of nitrogens with zero attached hydrogens (tertiary/aromatic N) is 1. The number of rotatable bonds is 5. The number of carbonyl (C=O) groups is 1. The average molecular weight is 268 g/mol. The van der Waals surface area contributed by atoms with Crippen LogP contribution in [-0.2, 0) is 11.3 Å². The minimum Gasteiger partial charge on any atom is -0.472 e. The zero-order chi connectivity index (χ0) is 12.8. The van der Waals surface area contributed by atoms with E-state index < -0.39 is 0 Å². The standard InChI is InChI=1S/C13H20N2O2S/c1-15(8-11-4-7-17-9-11)13(16)10-18-12-2-5-14-6-3-12/h4,7,9,12,14H,2-3,5-6,8,10H2,1H3. The van der Waals surface area contributed by atoms with Crippen LogP contribution in [0.2, 0.25) is 0 Å². The second-order valence-electron chi connectivity index (χ2n) is 4.64. The summed E-state index contributed by atoms with van der Waals surface area (Å²) in [5.74, 6) is 0.777. The van der Waals surface area contributed by atoms with Gasteiger partial charge in [-0.25, -0.2) is 0 Å². The van der Waals surface area contributed by atoms with E-state index >= 15 is 0 Å². The predicted octanol–water partition coefficient (Wildman–Crippen LogP) is 1.72. The minimum absolute atomic E-state index is 0.194. The molecule has 1 aromatic heterocycles. The van der Waals surface area contributed by atoms with Crippen molar-refractivity contribution in [2.75, 3.05) is 25.9 Å². The van der Waals surface area contributed by atoms with Gasteiger partial charge in [0.1, 0.15) is 0 Å². The Morgan fingerprint density at radius 3 is 3.00 bits per heavy atom. The molecule has 2 rings (SSSR count). The van der Waals surface area contributed by atoms with Crippen molar-refractivity contribution in [2.45, 2.75) is 24.6 Å². The van der Waals surface area contributed by atoms with Crippen LogP contribution in [0.4, 0.5) is 0 Å². The number of furan rings is 1. The zero-order valence-electron chi connectivity index (χ0n) is 10.7. The largest absolute Gasteiger partial charge is 0.472 e. The SMILES string of the molecule is CN(Cc1ccoc1)C(=O)CSC1CCNCC1. The van der Waals surface area contributed by atoms with E-state index in [0.29, 0.717) is 17.5 Å². The molecule has 0 saturated carbocycles. The maximum Gasteiger partial charge on any atom is 0.232 e. The molecule has 1 aromatic rings. The van der Waals surface area contributed by atoms with Gasteiger partial charge in [0.2, 0.25) is 5.91 Å². The van der Waals surface area contributed by atoms with Crippen molar-refractivity contribution in [2.24, 2.45) is 0 Å². The molecule has 1 aliphatic rings. The van der Waals surface area contributed by atoms with Crippen LogP contribution in [0.25, 0.3) is 0 Å². The molecular weight excluding hydrogens is 248 g/mol. The van der Waals surface area contributed by atoms with Crippen molar-refractivity contribution in [3.8, 4) is 0 Å². The summed E-state index contributed by atoms with van der Waals surface area (Å²) in [5, 5.41) is 3.97. The van der Waals surface area contributed by atoms with Crippen LogP contribution in [-0.4, -0.2) is 41.9 Å². The van der Waals surface area contributed by atoms with Crippen LogP contribution in [0.1, 0.15) is 18.4 Å². The molecule has 1 aliphatic heterocycles. The summed E-state index contributed by atoms with van der Waals surface area (Å²) >= 11 is 1.79. The first-order chi connectivity index (χ1) is 8.75. The van der Waals surface area contributed by atoms with E-state index in [9.17, 15) is 4.79 Å². The third-order valence-corrected chi connectivity index (χ3v) is 4.51. The molecule has 1 N–H and O–H groups in total. The highest BCUT2D eigenvalue weighted by molar-refractivity contribution is 8.00. The number of amides is 1. The van der Waals surface area contributed by atoms with E-state index in [1.165, 1.54) is 12.8 Å². The molecule has 18 heavy (non-hydrogen) atoms. The Hall–Kier alpha value is -0.940. The number of thioether (sulfide) groups is 1. The molecule has 0 aliphatic carbocycles. The molecule has 4 nitrogen and oxygen atoms in total. The summed E-state index contributed by atoms with van der Waals surface area (Å²) < 4.78 is 5.00. The molecular formula is C13H20N2O2S. The Morgan fingerprint density at radius 1 is 1.56 bits per heavy atom. The lowest BCUT2D eigenvalue weighted by Gasteiger charge is -2.23. The van der Waals surface area contributed by atoms with Gasteiger partial charge in [0.25, 0.3) is 0 Å². The second kappa shape index (κ2) is 6.85. The molecule has 1 saturated heterocycles.